The van der Waals surface area contributed by atoms with Crippen LogP contribution in [0.3, 0.4) is 0 Å². The summed E-state index contributed by atoms with van der Waals surface area (Å²) in [6.07, 6.45) is 3.09. The van der Waals surface area contributed by atoms with Gasteiger partial charge in [0, 0.05) is 22.2 Å². The Balaban J connectivity index is 1.94. The highest BCUT2D eigenvalue weighted by atomic mass is 35.5. The Morgan fingerprint density at radius 1 is 1.19 bits per heavy atom. The van der Waals surface area contributed by atoms with Crippen molar-refractivity contribution in [1.29, 1.82) is 0 Å². The Bertz CT molecular complexity index is 978. The van der Waals surface area contributed by atoms with Crippen LogP contribution in [-0.2, 0) is 9.53 Å². The van der Waals surface area contributed by atoms with Gasteiger partial charge >= 0.3 is 5.97 Å². The molecule has 1 aliphatic heterocycles. The molecular formula is C19H13ClN2O4. The number of carbonyl (C=O) groups is 1. The SMILES string of the molecule is Cc1c(C2=N/C(=C\C(Cl)=C\c3ccccc3)C(=O)O2)cccc1[N+](=O)[O-]. The molecule has 26 heavy (non-hydrogen) atoms. The van der Waals surface area contributed by atoms with Crippen LogP contribution in [0.15, 0.2) is 70.3 Å². The van der Waals surface area contributed by atoms with E-state index in [9.17, 15) is 14.9 Å². The highest BCUT2D eigenvalue weighted by Gasteiger charge is 2.27. The number of benzene rings is 2. The lowest BCUT2D eigenvalue weighted by Gasteiger charge is -2.04. The fourth-order valence-electron chi connectivity index (χ4n) is 2.46. The normalized spacial score (nSPS) is 15.8. The summed E-state index contributed by atoms with van der Waals surface area (Å²) in [6, 6.07) is 13.9. The first kappa shape index (κ1) is 17.6. The van der Waals surface area contributed by atoms with E-state index >= 15 is 0 Å². The van der Waals surface area contributed by atoms with Crippen LogP contribution in [0.5, 0.6) is 0 Å². The molecular weight excluding hydrogens is 356 g/mol. The van der Waals surface area contributed by atoms with Crippen LogP contribution < -0.4 is 0 Å². The molecule has 0 saturated heterocycles. The summed E-state index contributed by atoms with van der Waals surface area (Å²) in [7, 11) is 0. The molecule has 3 rings (SSSR count). The van der Waals surface area contributed by atoms with E-state index in [2.05, 4.69) is 4.99 Å². The van der Waals surface area contributed by atoms with Gasteiger partial charge in [0.15, 0.2) is 5.70 Å². The van der Waals surface area contributed by atoms with Gasteiger partial charge in [-0.1, -0.05) is 48.0 Å². The van der Waals surface area contributed by atoms with Gasteiger partial charge in [0.05, 0.1) is 4.92 Å². The fraction of sp³-hybridized carbons (Fsp3) is 0.0526. The van der Waals surface area contributed by atoms with Crippen molar-refractivity contribution in [1.82, 2.24) is 0 Å². The molecule has 1 aliphatic rings. The first-order valence-corrected chi connectivity index (χ1v) is 8.02. The summed E-state index contributed by atoms with van der Waals surface area (Å²) in [4.78, 5) is 26.8. The van der Waals surface area contributed by atoms with Crippen LogP contribution in [0.25, 0.3) is 6.08 Å². The Labute approximate surface area is 154 Å². The Morgan fingerprint density at radius 3 is 2.62 bits per heavy atom. The zero-order valence-corrected chi connectivity index (χ0v) is 14.4. The van der Waals surface area contributed by atoms with E-state index in [1.54, 1.807) is 19.1 Å². The van der Waals surface area contributed by atoms with Gasteiger partial charge in [0.2, 0.25) is 5.90 Å². The number of cyclic esters (lactones) is 1. The number of nitro groups is 1. The number of rotatable bonds is 4. The largest absolute Gasteiger partial charge is 0.402 e. The van der Waals surface area contributed by atoms with Gasteiger partial charge in [-0.05, 0) is 30.7 Å². The zero-order valence-electron chi connectivity index (χ0n) is 13.7. The van der Waals surface area contributed by atoms with E-state index in [4.69, 9.17) is 16.3 Å². The number of halogens is 1. The number of ether oxygens (including phenoxy) is 1. The van der Waals surface area contributed by atoms with Gasteiger partial charge in [-0.2, -0.15) is 0 Å². The first-order valence-electron chi connectivity index (χ1n) is 7.65. The molecule has 0 fully saturated rings. The number of allylic oxidation sites excluding steroid dienone is 2. The minimum Gasteiger partial charge on any atom is -0.402 e. The van der Waals surface area contributed by atoms with Crippen molar-refractivity contribution in [2.75, 3.05) is 0 Å². The molecule has 0 atom stereocenters. The maximum Gasteiger partial charge on any atom is 0.363 e. The molecule has 0 unspecified atom stereocenters. The van der Waals surface area contributed by atoms with Crippen molar-refractivity contribution in [2.45, 2.75) is 6.92 Å². The second kappa shape index (κ2) is 7.33. The van der Waals surface area contributed by atoms with Crippen molar-refractivity contribution >= 4 is 35.2 Å². The number of carbonyl (C=O) groups excluding carboxylic acids is 1. The smallest absolute Gasteiger partial charge is 0.363 e. The molecule has 1 heterocycles. The molecule has 0 radical (unpaired) electrons. The minimum absolute atomic E-state index is 0.0200. The maximum absolute atomic E-state index is 12.1. The van der Waals surface area contributed by atoms with Crippen LogP contribution >= 0.6 is 11.6 Å². The van der Waals surface area contributed by atoms with Crippen molar-refractivity contribution in [2.24, 2.45) is 4.99 Å². The number of nitrogens with zero attached hydrogens (tertiary/aromatic N) is 2. The Morgan fingerprint density at radius 2 is 1.92 bits per heavy atom. The zero-order chi connectivity index (χ0) is 18.7. The summed E-state index contributed by atoms with van der Waals surface area (Å²) in [5.41, 5.74) is 1.60. The van der Waals surface area contributed by atoms with Gasteiger partial charge in [-0.25, -0.2) is 9.79 Å². The third-order valence-corrected chi connectivity index (χ3v) is 3.95. The third-order valence-electron chi connectivity index (χ3n) is 3.73. The van der Waals surface area contributed by atoms with Crippen LogP contribution in [0.1, 0.15) is 16.7 Å². The second-order valence-electron chi connectivity index (χ2n) is 5.48. The lowest BCUT2D eigenvalue weighted by molar-refractivity contribution is -0.385. The van der Waals surface area contributed by atoms with Gasteiger partial charge < -0.3 is 4.74 Å². The quantitative estimate of drug-likeness (QED) is 0.347. The van der Waals surface area contributed by atoms with Crippen molar-refractivity contribution in [3.05, 3.63) is 92.1 Å². The summed E-state index contributed by atoms with van der Waals surface area (Å²) in [5.74, 6) is -0.642. The molecule has 0 saturated carbocycles. The first-order chi connectivity index (χ1) is 12.5. The molecule has 0 aliphatic carbocycles. The molecule has 0 amide bonds. The lowest BCUT2D eigenvalue weighted by Crippen LogP contribution is -2.08. The van der Waals surface area contributed by atoms with Gasteiger partial charge in [0.1, 0.15) is 0 Å². The van der Waals surface area contributed by atoms with Crippen molar-refractivity contribution in [3.63, 3.8) is 0 Å². The molecule has 0 N–H and O–H groups in total. The van der Waals surface area contributed by atoms with E-state index in [1.165, 1.54) is 18.2 Å². The van der Waals surface area contributed by atoms with Crippen molar-refractivity contribution in [3.8, 4) is 0 Å². The molecule has 2 aromatic carbocycles. The number of aliphatic imine (C=N–C) groups is 1. The second-order valence-corrected chi connectivity index (χ2v) is 5.92. The number of hydrogen-bond donors (Lipinski definition) is 0. The molecule has 6 nitrogen and oxygen atoms in total. The average Bonchev–Trinajstić information content (AvgIpc) is 2.96. The standard InChI is InChI=1S/C19H13ClN2O4/c1-12-15(8-5-9-17(12)22(24)25)18-21-16(19(23)26-18)11-14(20)10-13-6-3-2-4-7-13/h2-11H,1H3/b14-10-,16-11-. The van der Waals surface area contributed by atoms with Crippen LogP contribution in [0.4, 0.5) is 5.69 Å². The van der Waals surface area contributed by atoms with Gasteiger partial charge in [-0.3, -0.25) is 10.1 Å². The van der Waals surface area contributed by atoms with Crippen molar-refractivity contribution < 1.29 is 14.5 Å². The fourth-order valence-corrected chi connectivity index (χ4v) is 2.69. The van der Waals surface area contributed by atoms with E-state index < -0.39 is 10.9 Å². The summed E-state index contributed by atoms with van der Waals surface area (Å²) >= 11 is 6.17. The Hall–Kier alpha value is -3.25. The molecule has 0 bridgehead atoms. The highest BCUT2D eigenvalue weighted by molar-refractivity contribution is 6.33. The maximum atomic E-state index is 12.1. The summed E-state index contributed by atoms with van der Waals surface area (Å²) < 4.78 is 5.16. The monoisotopic (exact) mass is 368 g/mol. The molecule has 0 aromatic heterocycles. The van der Waals surface area contributed by atoms with Gasteiger partial charge in [0.25, 0.3) is 5.69 Å². The molecule has 130 valence electrons. The predicted molar refractivity (Wildman–Crippen MR) is 98.8 cm³/mol. The summed E-state index contributed by atoms with van der Waals surface area (Å²) in [5, 5.41) is 11.4. The Kier molecular flexibility index (Phi) is 4.95. The van der Waals surface area contributed by atoms with Crippen LogP contribution in [0.2, 0.25) is 0 Å². The number of nitro benzene ring substituents is 1. The molecule has 0 spiro atoms. The topological polar surface area (TPSA) is 81.8 Å². The molecule has 2 aromatic rings. The lowest BCUT2D eigenvalue weighted by atomic mass is 10.1. The van der Waals surface area contributed by atoms with E-state index in [0.29, 0.717) is 16.2 Å². The van der Waals surface area contributed by atoms with E-state index in [0.717, 1.165) is 5.56 Å². The minimum atomic E-state index is -0.662. The van der Waals surface area contributed by atoms with E-state index in [1.807, 2.05) is 30.3 Å². The highest BCUT2D eigenvalue weighted by Crippen LogP contribution is 2.26. The van der Waals surface area contributed by atoms with Crippen LogP contribution in [-0.4, -0.2) is 16.8 Å². The summed E-state index contributed by atoms with van der Waals surface area (Å²) in [6.45, 7) is 1.58. The number of esters is 1. The predicted octanol–water partition coefficient (Wildman–Crippen LogP) is 4.37. The number of hydrogen-bond acceptors (Lipinski definition) is 5. The van der Waals surface area contributed by atoms with Crippen LogP contribution in [0, 0.1) is 17.0 Å². The molecule has 7 heteroatoms. The van der Waals surface area contributed by atoms with Gasteiger partial charge in [-0.15, -0.1) is 0 Å². The van der Waals surface area contributed by atoms with E-state index in [-0.39, 0.29) is 17.3 Å². The average molecular weight is 369 g/mol. The third kappa shape index (κ3) is 3.70.